The lowest BCUT2D eigenvalue weighted by Crippen LogP contribution is -2.48. The number of carbonyl (C=O) groups excluding carboxylic acids is 1. The molecule has 1 aliphatic heterocycles. The Bertz CT molecular complexity index is 444. The minimum atomic E-state index is -3.10. The van der Waals surface area contributed by atoms with Crippen LogP contribution in [0.1, 0.15) is 32.1 Å². The number of rotatable bonds is 4. The quantitative estimate of drug-likeness (QED) is 0.758. The molecule has 0 aromatic heterocycles. The first-order valence-electron chi connectivity index (χ1n) is 7.37. The summed E-state index contributed by atoms with van der Waals surface area (Å²) in [6, 6.07) is 0.0968. The van der Waals surface area contributed by atoms with Crippen LogP contribution in [0.15, 0.2) is 0 Å². The molecule has 2 atom stereocenters. The second-order valence-electron chi connectivity index (χ2n) is 5.98. The average Bonchev–Trinajstić information content (AvgIpc) is 2.86. The van der Waals surface area contributed by atoms with Crippen molar-refractivity contribution in [2.24, 2.45) is 17.6 Å². The number of hydrogen-bond donors (Lipinski definition) is 2. The van der Waals surface area contributed by atoms with Crippen LogP contribution in [0.5, 0.6) is 0 Å². The summed E-state index contributed by atoms with van der Waals surface area (Å²) in [7, 11) is -3.10. The molecule has 0 aromatic rings. The van der Waals surface area contributed by atoms with Crippen molar-refractivity contribution in [2.75, 3.05) is 25.9 Å². The van der Waals surface area contributed by atoms with Gasteiger partial charge in [0.2, 0.25) is 15.9 Å². The maximum absolute atomic E-state index is 12.3. The first kappa shape index (κ1) is 15.7. The lowest BCUT2D eigenvalue weighted by atomic mass is 9.94. The Morgan fingerprint density at radius 1 is 1.25 bits per heavy atom. The summed E-state index contributed by atoms with van der Waals surface area (Å²) < 4.78 is 24.3. The summed E-state index contributed by atoms with van der Waals surface area (Å²) in [6.07, 6.45) is 5.66. The zero-order valence-electron chi connectivity index (χ0n) is 12.0. The van der Waals surface area contributed by atoms with Gasteiger partial charge in [0.25, 0.3) is 0 Å². The Balaban J connectivity index is 1.82. The second kappa shape index (κ2) is 6.41. The van der Waals surface area contributed by atoms with Gasteiger partial charge in [0.15, 0.2) is 0 Å². The van der Waals surface area contributed by atoms with Crippen LogP contribution in [-0.2, 0) is 14.8 Å². The van der Waals surface area contributed by atoms with E-state index in [1.807, 2.05) is 0 Å². The highest BCUT2D eigenvalue weighted by atomic mass is 32.2. The highest BCUT2D eigenvalue weighted by Crippen LogP contribution is 2.31. The molecule has 0 unspecified atom stereocenters. The van der Waals surface area contributed by atoms with Gasteiger partial charge in [0.05, 0.1) is 6.26 Å². The van der Waals surface area contributed by atoms with Gasteiger partial charge in [0.1, 0.15) is 0 Å². The van der Waals surface area contributed by atoms with Crippen molar-refractivity contribution in [1.82, 2.24) is 9.62 Å². The molecule has 2 aliphatic rings. The van der Waals surface area contributed by atoms with Crippen molar-refractivity contribution in [3.05, 3.63) is 0 Å². The first-order valence-corrected chi connectivity index (χ1v) is 9.22. The van der Waals surface area contributed by atoms with E-state index in [0.29, 0.717) is 38.4 Å². The molecule has 1 saturated carbocycles. The number of nitrogens with one attached hydrogen (secondary N) is 1. The monoisotopic (exact) mass is 303 g/mol. The molecular formula is C13H25N3O3S. The molecule has 1 amide bonds. The predicted molar refractivity (Wildman–Crippen MR) is 77.5 cm³/mol. The number of sulfonamides is 1. The molecule has 3 N–H and O–H groups in total. The molecule has 1 saturated heterocycles. The van der Waals surface area contributed by atoms with E-state index in [0.717, 1.165) is 19.3 Å². The fourth-order valence-corrected chi connectivity index (χ4v) is 4.18. The summed E-state index contributed by atoms with van der Waals surface area (Å²) >= 11 is 0. The van der Waals surface area contributed by atoms with Crippen LogP contribution in [0.4, 0.5) is 0 Å². The van der Waals surface area contributed by atoms with Gasteiger partial charge in [-0.2, -0.15) is 0 Å². The molecule has 0 radical (unpaired) electrons. The second-order valence-corrected chi connectivity index (χ2v) is 7.96. The molecule has 2 fully saturated rings. The minimum Gasteiger partial charge on any atom is -0.353 e. The summed E-state index contributed by atoms with van der Waals surface area (Å²) in [5.41, 5.74) is 5.71. The van der Waals surface area contributed by atoms with Crippen molar-refractivity contribution < 1.29 is 13.2 Å². The Morgan fingerprint density at radius 2 is 1.90 bits per heavy atom. The molecule has 0 spiro atoms. The third kappa shape index (κ3) is 3.71. The minimum absolute atomic E-state index is 0.0490. The van der Waals surface area contributed by atoms with E-state index in [1.165, 1.54) is 10.6 Å². The predicted octanol–water partition coefficient (Wildman–Crippen LogP) is -0.0984. The summed E-state index contributed by atoms with van der Waals surface area (Å²) in [5, 5.41) is 3.08. The van der Waals surface area contributed by atoms with Gasteiger partial charge in [-0.05, 0) is 38.1 Å². The lowest BCUT2D eigenvalue weighted by molar-refractivity contribution is -0.126. The summed E-state index contributed by atoms with van der Waals surface area (Å²) in [4.78, 5) is 12.3. The number of piperidine rings is 1. The van der Waals surface area contributed by atoms with E-state index in [9.17, 15) is 13.2 Å². The van der Waals surface area contributed by atoms with Gasteiger partial charge in [0, 0.05) is 25.0 Å². The van der Waals surface area contributed by atoms with Crippen molar-refractivity contribution in [3.63, 3.8) is 0 Å². The SMILES string of the molecule is CS(=O)(=O)N1CCC(NC(=O)[C@@H]2CCC[C@@H]2CN)CC1. The lowest BCUT2D eigenvalue weighted by Gasteiger charge is -2.31. The van der Waals surface area contributed by atoms with Crippen molar-refractivity contribution in [2.45, 2.75) is 38.1 Å². The molecule has 1 aliphatic carbocycles. The molecule has 0 aromatic carbocycles. The zero-order valence-corrected chi connectivity index (χ0v) is 12.9. The van der Waals surface area contributed by atoms with Crippen LogP contribution in [0.2, 0.25) is 0 Å². The largest absolute Gasteiger partial charge is 0.353 e. The van der Waals surface area contributed by atoms with Crippen LogP contribution in [0, 0.1) is 11.8 Å². The van der Waals surface area contributed by atoms with E-state index < -0.39 is 10.0 Å². The maximum Gasteiger partial charge on any atom is 0.223 e. The van der Waals surface area contributed by atoms with Gasteiger partial charge in [-0.3, -0.25) is 4.79 Å². The van der Waals surface area contributed by atoms with E-state index in [1.54, 1.807) is 0 Å². The molecule has 7 heteroatoms. The third-order valence-corrected chi connectivity index (χ3v) is 5.87. The third-order valence-electron chi connectivity index (χ3n) is 4.57. The van der Waals surface area contributed by atoms with Crippen molar-refractivity contribution in [3.8, 4) is 0 Å². The molecule has 20 heavy (non-hydrogen) atoms. The van der Waals surface area contributed by atoms with E-state index in [-0.39, 0.29) is 17.9 Å². The van der Waals surface area contributed by atoms with E-state index in [4.69, 9.17) is 5.73 Å². The van der Waals surface area contributed by atoms with Crippen LogP contribution in [0.3, 0.4) is 0 Å². The van der Waals surface area contributed by atoms with E-state index in [2.05, 4.69) is 5.32 Å². The highest BCUT2D eigenvalue weighted by molar-refractivity contribution is 7.88. The smallest absolute Gasteiger partial charge is 0.223 e. The average molecular weight is 303 g/mol. The summed E-state index contributed by atoms with van der Waals surface area (Å²) in [5.74, 6) is 0.467. The number of amides is 1. The van der Waals surface area contributed by atoms with Crippen LogP contribution >= 0.6 is 0 Å². The normalized spacial score (nSPS) is 29.5. The number of carbonyl (C=O) groups is 1. The van der Waals surface area contributed by atoms with Crippen molar-refractivity contribution >= 4 is 15.9 Å². The summed E-state index contributed by atoms with van der Waals surface area (Å²) in [6.45, 7) is 1.56. The Kier molecular flexibility index (Phi) is 5.04. The molecule has 116 valence electrons. The van der Waals surface area contributed by atoms with Crippen LogP contribution < -0.4 is 11.1 Å². The van der Waals surface area contributed by atoms with Crippen LogP contribution in [-0.4, -0.2) is 50.6 Å². The Morgan fingerprint density at radius 3 is 2.45 bits per heavy atom. The molecule has 2 rings (SSSR count). The standard InChI is InChI=1S/C13H25N3O3S/c1-20(18,19)16-7-5-11(6-8-16)15-13(17)12-4-2-3-10(12)9-14/h10-12H,2-9,14H2,1H3,(H,15,17)/t10-,12-/m1/s1. The van der Waals surface area contributed by atoms with Gasteiger partial charge < -0.3 is 11.1 Å². The van der Waals surface area contributed by atoms with Crippen molar-refractivity contribution in [1.29, 1.82) is 0 Å². The fourth-order valence-electron chi connectivity index (χ4n) is 3.30. The highest BCUT2D eigenvalue weighted by Gasteiger charge is 2.34. The molecular weight excluding hydrogens is 278 g/mol. The van der Waals surface area contributed by atoms with Crippen LogP contribution in [0.25, 0.3) is 0 Å². The molecule has 6 nitrogen and oxygen atoms in total. The van der Waals surface area contributed by atoms with E-state index >= 15 is 0 Å². The fraction of sp³-hybridized carbons (Fsp3) is 0.923. The molecule has 0 bridgehead atoms. The number of nitrogens with zero attached hydrogens (tertiary/aromatic N) is 1. The number of nitrogens with two attached hydrogens (primary N) is 1. The number of hydrogen-bond acceptors (Lipinski definition) is 4. The zero-order chi connectivity index (χ0) is 14.8. The van der Waals surface area contributed by atoms with Gasteiger partial charge in [-0.15, -0.1) is 0 Å². The maximum atomic E-state index is 12.3. The van der Waals surface area contributed by atoms with Gasteiger partial charge in [-0.1, -0.05) is 6.42 Å². The van der Waals surface area contributed by atoms with Gasteiger partial charge in [-0.25, -0.2) is 12.7 Å². The Hall–Kier alpha value is -0.660. The molecule has 1 heterocycles. The first-order chi connectivity index (χ1) is 9.41. The van der Waals surface area contributed by atoms with Gasteiger partial charge >= 0.3 is 0 Å². The topological polar surface area (TPSA) is 92.5 Å². The Labute approximate surface area is 121 Å².